The van der Waals surface area contributed by atoms with Crippen molar-refractivity contribution >= 4 is 17.5 Å². The minimum absolute atomic E-state index is 0.0723. The van der Waals surface area contributed by atoms with Crippen LogP contribution in [0.1, 0.15) is 37.8 Å². The number of piperazine rings is 1. The van der Waals surface area contributed by atoms with Gasteiger partial charge in [-0.05, 0) is 31.0 Å². The molecule has 5 heteroatoms. The molecule has 112 valence electrons. The number of nitrogens with zero attached hydrogens (tertiary/aromatic N) is 2. The van der Waals surface area contributed by atoms with Crippen LogP contribution in [0.25, 0.3) is 0 Å². The third-order valence-electron chi connectivity index (χ3n) is 4.14. The first-order chi connectivity index (χ1) is 10.0. The van der Waals surface area contributed by atoms with Crippen molar-refractivity contribution in [1.82, 2.24) is 10.2 Å². The van der Waals surface area contributed by atoms with E-state index < -0.39 is 5.54 Å². The van der Waals surface area contributed by atoms with Crippen LogP contribution in [0.3, 0.4) is 0 Å². The SMILES string of the molecule is CCCC1(C)C(=O)NCCN1Cc1ccc(Cl)cc1C#N. The third-order valence-corrected chi connectivity index (χ3v) is 4.38. The first-order valence-corrected chi connectivity index (χ1v) is 7.61. The van der Waals surface area contributed by atoms with Crippen LogP contribution in [0.4, 0.5) is 0 Å². The number of nitrogens with one attached hydrogen (secondary N) is 1. The third kappa shape index (κ3) is 3.20. The predicted octanol–water partition coefficient (Wildman–Crippen LogP) is 2.70. The van der Waals surface area contributed by atoms with Crippen LogP contribution < -0.4 is 5.32 Å². The van der Waals surface area contributed by atoms with E-state index >= 15 is 0 Å². The molecule has 1 aliphatic heterocycles. The summed E-state index contributed by atoms with van der Waals surface area (Å²) in [5.41, 5.74) is 0.977. The van der Waals surface area contributed by atoms with E-state index in [4.69, 9.17) is 11.6 Å². The summed E-state index contributed by atoms with van der Waals surface area (Å²) in [5, 5.41) is 12.8. The average molecular weight is 306 g/mol. The highest BCUT2D eigenvalue weighted by molar-refractivity contribution is 6.30. The summed E-state index contributed by atoms with van der Waals surface area (Å²) in [5.74, 6) is 0.0723. The first-order valence-electron chi connectivity index (χ1n) is 7.23. The number of hydrogen-bond acceptors (Lipinski definition) is 3. The van der Waals surface area contributed by atoms with Gasteiger partial charge in [-0.2, -0.15) is 5.26 Å². The lowest BCUT2D eigenvalue weighted by atomic mass is 9.90. The molecule has 1 amide bonds. The molecule has 0 radical (unpaired) electrons. The molecule has 1 fully saturated rings. The van der Waals surface area contributed by atoms with Gasteiger partial charge in [0.05, 0.1) is 17.2 Å². The monoisotopic (exact) mass is 305 g/mol. The Morgan fingerprint density at radius 3 is 2.95 bits per heavy atom. The number of halogens is 1. The van der Waals surface area contributed by atoms with E-state index in [-0.39, 0.29) is 5.91 Å². The maximum Gasteiger partial charge on any atom is 0.240 e. The fourth-order valence-corrected chi connectivity index (χ4v) is 3.07. The van der Waals surface area contributed by atoms with Gasteiger partial charge in [-0.15, -0.1) is 0 Å². The second kappa shape index (κ2) is 6.46. The van der Waals surface area contributed by atoms with Crippen molar-refractivity contribution in [3.8, 4) is 6.07 Å². The first kappa shape index (κ1) is 15.8. The van der Waals surface area contributed by atoms with E-state index in [1.165, 1.54) is 0 Å². The lowest BCUT2D eigenvalue weighted by Crippen LogP contribution is -2.62. The van der Waals surface area contributed by atoms with E-state index in [1.807, 2.05) is 13.0 Å². The Hall–Kier alpha value is -1.57. The zero-order chi connectivity index (χ0) is 15.5. The molecule has 1 aliphatic rings. The van der Waals surface area contributed by atoms with Gasteiger partial charge in [0.15, 0.2) is 0 Å². The van der Waals surface area contributed by atoms with Crippen molar-refractivity contribution in [1.29, 1.82) is 5.26 Å². The molecule has 0 aromatic heterocycles. The largest absolute Gasteiger partial charge is 0.353 e. The summed E-state index contributed by atoms with van der Waals surface area (Å²) in [7, 11) is 0. The molecule has 1 unspecified atom stereocenters. The molecular weight excluding hydrogens is 286 g/mol. The van der Waals surface area contributed by atoms with Crippen molar-refractivity contribution < 1.29 is 4.79 Å². The maximum absolute atomic E-state index is 12.3. The maximum atomic E-state index is 12.3. The van der Waals surface area contributed by atoms with Gasteiger partial charge in [0.2, 0.25) is 5.91 Å². The fourth-order valence-electron chi connectivity index (χ4n) is 2.89. The van der Waals surface area contributed by atoms with Crippen LogP contribution in [0.2, 0.25) is 5.02 Å². The van der Waals surface area contributed by atoms with Crippen LogP contribution in [-0.4, -0.2) is 29.4 Å². The van der Waals surface area contributed by atoms with Gasteiger partial charge < -0.3 is 5.32 Å². The predicted molar refractivity (Wildman–Crippen MR) is 82.9 cm³/mol. The molecule has 2 rings (SSSR count). The highest BCUT2D eigenvalue weighted by atomic mass is 35.5. The van der Waals surface area contributed by atoms with Crippen molar-refractivity contribution in [2.75, 3.05) is 13.1 Å². The summed E-state index contributed by atoms with van der Waals surface area (Å²) in [6.45, 7) is 6.08. The van der Waals surface area contributed by atoms with Gasteiger partial charge in [-0.3, -0.25) is 9.69 Å². The average Bonchev–Trinajstić information content (AvgIpc) is 2.46. The molecule has 0 saturated carbocycles. The van der Waals surface area contributed by atoms with Gasteiger partial charge >= 0.3 is 0 Å². The van der Waals surface area contributed by atoms with E-state index in [1.54, 1.807) is 12.1 Å². The Morgan fingerprint density at radius 2 is 2.29 bits per heavy atom. The van der Waals surface area contributed by atoms with Gasteiger partial charge in [-0.25, -0.2) is 0 Å². The number of carbonyl (C=O) groups excluding carboxylic acids is 1. The van der Waals surface area contributed by atoms with Crippen molar-refractivity contribution in [3.05, 3.63) is 34.3 Å². The summed E-state index contributed by atoms with van der Waals surface area (Å²) in [6, 6.07) is 7.53. The summed E-state index contributed by atoms with van der Waals surface area (Å²) in [6.07, 6.45) is 1.74. The number of carbonyl (C=O) groups is 1. The molecule has 0 spiro atoms. The number of benzene rings is 1. The van der Waals surface area contributed by atoms with E-state index in [0.29, 0.717) is 23.7 Å². The summed E-state index contributed by atoms with van der Waals surface area (Å²) < 4.78 is 0. The van der Waals surface area contributed by atoms with Crippen molar-refractivity contribution in [2.24, 2.45) is 0 Å². The van der Waals surface area contributed by atoms with Crippen LogP contribution in [0, 0.1) is 11.3 Å². The molecule has 1 atom stereocenters. The number of hydrogen-bond donors (Lipinski definition) is 1. The molecule has 1 aromatic carbocycles. The van der Waals surface area contributed by atoms with Crippen molar-refractivity contribution in [2.45, 2.75) is 38.8 Å². The van der Waals surface area contributed by atoms with Crippen LogP contribution >= 0.6 is 11.6 Å². The Kier molecular flexibility index (Phi) is 4.87. The minimum atomic E-state index is -0.515. The highest BCUT2D eigenvalue weighted by Gasteiger charge is 2.41. The lowest BCUT2D eigenvalue weighted by molar-refractivity contribution is -0.137. The zero-order valence-corrected chi connectivity index (χ0v) is 13.2. The summed E-state index contributed by atoms with van der Waals surface area (Å²) in [4.78, 5) is 14.4. The topological polar surface area (TPSA) is 56.1 Å². The zero-order valence-electron chi connectivity index (χ0n) is 12.4. The van der Waals surface area contributed by atoms with Crippen LogP contribution in [-0.2, 0) is 11.3 Å². The highest BCUT2D eigenvalue weighted by Crippen LogP contribution is 2.27. The standard InChI is InChI=1S/C16H20ClN3O/c1-3-6-16(2)15(21)19-7-8-20(16)11-12-4-5-14(17)9-13(12)10-18/h4-5,9H,3,6-8,11H2,1-2H3,(H,19,21). The Labute approximate surface area is 130 Å². The second-order valence-electron chi connectivity index (χ2n) is 5.61. The van der Waals surface area contributed by atoms with Crippen molar-refractivity contribution in [3.63, 3.8) is 0 Å². The smallest absolute Gasteiger partial charge is 0.240 e. The molecule has 0 aliphatic carbocycles. The van der Waals surface area contributed by atoms with Crippen LogP contribution in [0.15, 0.2) is 18.2 Å². The number of amides is 1. The Morgan fingerprint density at radius 1 is 1.52 bits per heavy atom. The van der Waals surface area contributed by atoms with Gasteiger partial charge in [-0.1, -0.05) is 31.0 Å². The molecule has 1 saturated heterocycles. The molecule has 21 heavy (non-hydrogen) atoms. The number of nitriles is 1. The van der Waals surface area contributed by atoms with Gasteiger partial charge in [0.25, 0.3) is 0 Å². The minimum Gasteiger partial charge on any atom is -0.353 e. The summed E-state index contributed by atoms with van der Waals surface area (Å²) >= 11 is 5.94. The van der Waals surface area contributed by atoms with Gasteiger partial charge in [0.1, 0.15) is 0 Å². The molecule has 1 N–H and O–H groups in total. The molecule has 1 aromatic rings. The molecule has 0 bridgehead atoms. The lowest BCUT2D eigenvalue weighted by Gasteiger charge is -2.43. The van der Waals surface area contributed by atoms with E-state index in [2.05, 4.69) is 23.2 Å². The normalized spacial score (nSPS) is 22.7. The second-order valence-corrected chi connectivity index (χ2v) is 6.05. The Bertz CT molecular complexity index is 581. The van der Waals surface area contributed by atoms with E-state index in [0.717, 1.165) is 24.9 Å². The Balaban J connectivity index is 2.28. The van der Waals surface area contributed by atoms with Crippen LogP contribution in [0.5, 0.6) is 0 Å². The molecular formula is C16H20ClN3O. The van der Waals surface area contributed by atoms with Gasteiger partial charge in [0, 0.05) is 24.7 Å². The molecule has 1 heterocycles. The molecule has 4 nitrogen and oxygen atoms in total. The number of rotatable bonds is 4. The quantitative estimate of drug-likeness (QED) is 0.930. The van der Waals surface area contributed by atoms with E-state index in [9.17, 15) is 10.1 Å². The fraction of sp³-hybridized carbons (Fsp3) is 0.500.